The third-order valence-corrected chi connectivity index (χ3v) is 2.59. The molecule has 0 unspecified atom stereocenters. The lowest BCUT2D eigenvalue weighted by molar-refractivity contribution is 0.612. The van der Waals surface area contributed by atoms with Gasteiger partial charge in [-0.25, -0.2) is 9.37 Å². The maximum atomic E-state index is 13.5. The first kappa shape index (κ1) is 11.9. The molecule has 1 heterocycles. The van der Waals surface area contributed by atoms with Gasteiger partial charge in [0.2, 0.25) is 0 Å². The zero-order valence-electron chi connectivity index (χ0n) is 9.37. The number of aromatic nitrogens is 1. The normalized spacial score (nSPS) is 10.3. The van der Waals surface area contributed by atoms with Crippen LogP contribution in [0.25, 0.3) is 0 Å². The van der Waals surface area contributed by atoms with Crippen LogP contribution in [0.2, 0.25) is 5.15 Å². The molecule has 2 aromatic rings. The molecule has 0 aliphatic heterocycles. The minimum Gasteiger partial charge on any atom is -0.366 e. The SMILES string of the molecule is Cc1ccc(F)c(CNc2cccc(Cl)n2)c1. The standard InChI is InChI=1S/C13H12ClFN2/c1-9-5-6-11(15)10(7-9)8-16-13-4-2-3-12(14)17-13/h2-7H,8H2,1H3,(H,16,17). The lowest BCUT2D eigenvalue weighted by Crippen LogP contribution is -2.03. The summed E-state index contributed by atoms with van der Waals surface area (Å²) in [7, 11) is 0. The van der Waals surface area contributed by atoms with Crippen LogP contribution < -0.4 is 5.32 Å². The summed E-state index contributed by atoms with van der Waals surface area (Å²) in [4.78, 5) is 4.07. The molecular weight excluding hydrogens is 239 g/mol. The molecule has 0 atom stereocenters. The highest BCUT2D eigenvalue weighted by molar-refractivity contribution is 6.29. The Kier molecular flexibility index (Phi) is 3.59. The minimum absolute atomic E-state index is 0.217. The molecule has 0 saturated carbocycles. The third-order valence-electron chi connectivity index (χ3n) is 2.38. The van der Waals surface area contributed by atoms with Crippen LogP contribution in [0, 0.1) is 12.7 Å². The summed E-state index contributed by atoms with van der Waals surface area (Å²) in [5.74, 6) is 0.420. The highest BCUT2D eigenvalue weighted by Gasteiger charge is 2.02. The van der Waals surface area contributed by atoms with Crippen LogP contribution in [0.15, 0.2) is 36.4 Å². The van der Waals surface area contributed by atoms with E-state index < -0.39 is 0 Å². The Hall–Kier alpha value is -1.61. The van der Waals surface area contributed by atoms with Crippen molar-refractivity contribution in [3.8, 4) is 0 Å². The molecule has 0 saturated heterocycles. The summed E-state index contributed by atoms with van der Waals surface area (Å²) in [5, 5.41) is 3.45. The van der Waals surface area contributed by atoms with E-state index in [2.05, 4.69) is 10.3 Å². The number of halogens is 2. The van der Waals surface area contributed by atoms with Crippen molar-refractivity contribution in [2.45, 2.75) is 13.5 Å². The number of rotatable bonds is 3. The van der Waals surface area contributed by atoms with E-state index in [4.69, 9.17) is 11.6 Å². The molecule has 1 N–H and O–H groups in total. The van der Waals surface area contributed by atoms with Gasteiger partial charge < -0.3 is 5.32 Å². The topological polar surface area (TPSA) is 24.9 Å². The Morgan fingerprint density at radius 1 is 1.29 bits per heavy atom. The van der Waals surface area contributed by atoms with E-state index in [1.807, 2.05) is 13.0 Å². The van der Waals surface area contributed by atoms with Crippen molar-refractivity contribution >= 4 is 17.4 Å². The molecule has 0 aliphatic carbocycles. The predicted octanol–water partition coefficient (Wildman–Crippen LogP) is 3.79. The first-order chi connectivity index (χ1) is 8.15. The van der Waals surface area contributed by atoms with Crippen LogP contribution >= 0.6 is 11.6 Å². The average molecular weight is 251 g/mol. The van der Waals surface area contributed by atoms with Gasteiger partial charge in [0.15, 0.2) is 0 Å². The summed E-state index contributed by atoms with van der Waals surface area (Å²) in [6, 6.07) is 10.3. The van der Waals surface area contributed by atoms with Gasteiger partial charge >= 0.3 is 0 Å². The quantitative estimate of drug-likeness (QED) is 0.839. The average Bonchev–Trinajstić information content (AvgIpc) is 2.30. The van der Waals surface area contributed by atoms with Gasteiger partial charge in [-0.15, -0.1) is 0 Å². The summed E-state index contributed by atoms with van der Waals surface area (Å²) >= 11 is 5.76. The van der Waals surface area contributed by atoms with Crippen LogP contribution in [-0.4, -0.2) is 4.98 Å². The second kappa shape index (κ2) is 5.15. The second-order valence-corrected chi connectivity index (χ2v) is 4.18. The van der Waals surface area contributed by atoms with E-state index in [0.29, 0.717) is 23.1 Å². The molecule has 0 amide bonds. The molecule has 0 bridgehead atoms. The lowest BCUT2D eigenvalue weighted by atomic mass is 10.1. The van der Waals surface area contributed by atoms with Gasteiger partial charge in [-0.1, -0.05) is 35.4 Å². The Morgan fingerprint density at radius 2 is 2.12 bits per heavy atom. The van der Waals surface area contributed by atoms with Crippen molar-refractivity contribution in [1.82, 2.24) is 4.98 Å². The van der Waals surface area contributed by atoms with Gasteiger partial charge in [-0.2, -0.15) is 0 Å². The molecule has 0 radical (unpaired) electrons. The molecule has 2 nitrogen and oxygen atoms in total. The summed E-state index contributed by atoms with van der Waals surface area (Å²) in [6.07, 6.45) is 0. The molecule has 0 spiro atoms. The monoisotopic (exact) mass is 250 g/mol. The van der Waals surface area contributed by atoms with Crippen LogP contribution in [0.1, 0.15) is 11.1 Å². The maximum absolute atomic E-state index is 13.5. The molecule has 0 aliphatic rings. The number of nitrogens with one attached hydrogen (secondary N) is 1. The number of hydrogen-bond donors (Lipinski definition) is 1. The third kappa shape index (κ3) is 3.17. The fourth-order valence-electron chi connectivity index (χ4n) is 1.53. The van der Waals surface area contributed by atoms with Crippen molar-refractivity contribution in [2.75, 3.05) is 5.32 Å². The molecule has 88 valence electrons. The van der Waals surface area contributed by atoms with E-state index in [1.165, 1.54) is 6.07 Å². The molecule has 1 aromatic carbocycles. The first-order valence-corrected chi connectivity index (χ1v) is 5.64. The Bertz CT molecular complexity index is 529. The van der Waals surface area contributed by atoms with E-state index >= 15 is 0 Å². The zero-order valence-corrected chi connectivity index (χ0v) is 10.1. The fourth-order valence-corrected chi connectivity index (χ4v) is 1.70. The van der Waals surface area contributed by atoms with Crippen LogP contribution in [0.3, 0.4) is 0 Å². The highest BCUT2D eigenvalue weighted by atomic mass is 35.5. The van der Waals surface area contributed by atoms with E-state index in [-0.39, 0.29) is 5.82 Å². The molecule has 4 heteroatoms. The summed E-state index contributed by atoms with van der Waals surface area (Å²) in [5.41, 5.74) is 1.65. The minimum atomic E-state index is -0.217. The smallest absolute Gasteiger partial charge is 0.131 e. The Labute approximate surface area is 104 Å². The lowest BCUT2D eigenvalue weighted by Gasteiger charge is -2.07. The van der Waals surface area contributed by atoms with Gasteiger partial charge in [0.1, 0.15) is 16.8 Å². The van der Waals surface area contributed by atoms with Gasteiger partial charge in [-0.05, 0) is 25.1 Å². The van der Waals surface area contributed by atoms with Crippen molar-refractivity contribution in [2.24, 2.45) is 0 Å². The van der Waals surface area contributed by atoms with Gasteiger partial charge in [-0.3, -0.25) is 0 Å². The maximum Gasteiger partial charge on any atom is 0.131 e. The number of pyridine rings is 1. The van der Waals surface area contributed by atoms with Gasteiger partial charge in [0, 0.05) is 12.1 Å². The summed E-state index contributed by atoms with van der Waals surface area (Å²) < 4.78 is 13.5. The molecular formula is C13H12ClFN2. The number of hydrogen-bond acceptors (Lipinski definition) is 2. The van der Waals surface area contributed by atoms with Crippen molar-refractivity contribution < 1.29 is 4.39 Å². The van der Waals surface area contributed by atoms with Crippen molar-refractivity contribution in [1.29, 1.82) is 0 Å². The highest BCUT2D eigenvalue weighted by Crippen LogP contribution is 2.13. The van der Waals surface area contributed by atoms with Crippen molar-refractivity contribution in [3.05, 3.63) is 58.5 Å². The van der Waals surface area contributed by atoms with Crippen LogP contribution in [0.5, 0.6) is 0 Å². The molecule has 2 rings (SSSR count). The van der Waals surface area contributed by atoms with Crippen LogP contribution in [-0.2, 0) is 6.54 Å². The molecule has 0 fully saturated rings. The molecule has 17 heavy (non-hydrogen) atoms. The summed E-state index contributed by atoms with van der Waals surface area (Å²) in [6.45, 7) is 2.32. The first-order valence-electron chi connectivity index (χ1n) is 5.26. The fraction of sp³-hybridized carbons (Fsp3) is 0.154. The van der Waals surface area contributed by atoms with Gasteiger partial charge in [0.25, 0.3) is 0 Å². The zero-order chi connectivity index (χ0) is 12.3. The van der Waals surface area contributed by atoms with Crippen molar-refractivity contribution in [3.63, 3.8) is 0 Å². The second-order valence-electron chi connectivity index (χ2n) is 3.79. The number of aryl methyl sites for hydroxylation is 1. The van der Waals surface area contributed by atoms with E-state index in [1.54, 1.807) is 24.3 Å². The number of anilines is 1. The Balaban J connectivity index is 2.09. The van der Waals surface area contributed by atoms with E-state index in [9.17, 15) is 4.39 Å². The van der Waals surface area contributed by atoms with E-state index in [0.717, 1.165) is 5.56 Å². The largest absolute Gasteiger partial charge is 0.366 e. The van der Waals surface area contributed by atoms with Crippen LogP contribution in [0.4, 0.5) is 10.2 Å². The number of nitrogens with zero attached hydrogens (tertiary/aromatic N) is 1. The number of benzene rings is 1. The van der Waals surface area contributed by atoms with Gasteiger partial charge in [0.05, 0.1) is 0 Å². The molecule has 1 aromatic heterocycles. The predicted molar refractivity (Wildman–Crippen MR) is 67.7 cm³/mol. The Morgan fingerprint density at radius 3 is 2.88 bits per heavy atom.